The summed E-state index contributed by atoms with van der Waals surface area (Å²) in [4.78, 5) is 30.5. The lowest BCUT2D eigenvalue weighted by molar-refractivity contribution is 0.0429. The Hall–Kier alpha value is -3.49. The van der Waals surface area contributed by atoms with Crippen LogP contribution in [0.5, 0.6) is 11.5 Å². The third kappa shape index (κ3) is 7.85. The number of anilines is 2. The summed E-state index contributed by atoms with van der Waals surface area (Å²) in [5.74, 6) is 1.35. The van der Waals surface area contributed by atoms with Crippen molar-refractivity contribution in [3.8, 4) is 11.5 Å². The van der Waals surface area contributed by atoms with Crippen LogP contribution in [-0.2, 0) is 16.0 Å². The fourth-order valence-electron chi connectivity index (χ4n) is 2.68. The van der Waals surface area contributed by atoms with Crippen molar-refractivity contribution in [3.63, 3.8) is 0 Å². The molecule has 180 valence electrons. The number of nitrogens with one attached hydrogen (secondary N) is 1. The molecule has 2 aromatic rings. The maximum absolute atomic E-state index is 12.7. The number of benzene rings is 1. The predicted molar refractivity (Wildman–Crippen MR) is 126 cm³/mol. The summed E-state index contributed by atoms with van der Waals surface area (Å²) in [5, 5.41) is 3.27. The molecular weight excluding hydrogens is 426 g/mol. The normalized spacial score (nSPS) is 11.4. The molecule has 1 aromatic heterocycles. The zero-order chi connectivity index (χ0) is 24.8. The van der Waals surface area contributed by atoms with Gasteiger partial charge in [-0.25, -0.2) is 14.6 Å². The number of aromatic nitrogens is 1. The molecule has 0 radical (unpaired) electrons. The van der Waals surface area contributed by atoms with Crippen molar-refractivity contribution in [2.45, 2.75) is 59.3 Å². The zero-order valence-corrected chi connectivity index (χ0v) is 20.5. The van der Waals surface area contributed by atoms with Crippen LogP contribution in [0.25, 0.3) is 0 Å². The molecular formula is C24H33N3O6. The number of ether oxygens (including phenoxy) is 4. The van der Waals surface area contributed by atoms with Crippen molar-refractivity contribution < 1.29 is 28.5 Å². The number of carbonyl (C=O) groups is 2. The number of nitrogens with zero attached hydrogens (tertiary/aromatic N) is 2. The van der Waals surface area contributed by atoms with E-state index in [2.05, 4.69) is 10.3 Å². The summed E-state index contributed by atoms with van der Waals surface area (Å²) in [5.41, 5.74) is 0.0871. The number of methoxy groups -OCH3 is 2. The lowest BCUT2D eigenvalue weighted by Crippen LogP contribution is -2.44. The Labute approximate surface area is 195 Å². The summed E-state index contributed by atoms with van der Waals surface area (Å²) in [6, 6.07) is 8.84. The molecule has 0 atom stereocenters. The summed E-state index contributed by atoms with van der Waals surface area (Å²) in [7, 11) is 3.15. The highest BCUT2D eigenvalue weighted by Gasteiger charge is 2.33. The van der Waals surface area contributed by atoms with E-state index in [-0.39, 0.29) is 5.82 Å². The van der Waals surface area contributed by atoms with E-state index in [1.165, 1.54) is 0 Å². The third-order valence-corrected chi connectivity index (χ3v) is 4.07. The first kappa shape index (κ1) is 25.8. The van der Waals surface area contributed by atoms with E-state index in [0.29, 0.717) is 18.0 Å². The molecule has 0 bridgehead atoms. The molecule has 0 aliphatic heterocycles. The van der Waals surface area contributed by atoms with Gasteiger partial charge in [-0.05, 0) is 65.3 Å². The minimum atomic E-state index is -0.861. The molecule has 2 rings (SSSR count). The number of hydrogen-bond donors (Lipinski definition) is 1. The second kappa shape index (κ2) is 10.4. The fourth-order valence-corrected chi connectivity index (χ4v) is 2.68. The fraction of sp³-hybridized carbons (Fsp3) is 0.458. The Morgan fingerprint density at radius 3 is 1.91 bits per heavy atom. The molecule has 1 N–H and O–H groups in total. The van der Waals surface area contributed by atoms with E-state index < -0.39 is 23.4 Å². The highest BCUT2D eigenvalue weighted by Crippen LogP contribution is 2.30. The number of imide groups is 1. The number of hydrogen-bond acceptors (Lipinski definition) is 8. The largest absolute Gasteiger partial charge is 0.493 e. The van der Waals surface area contributed by atoms with Gasteiger partial charge in [0.1, 0.15) is 17.0 Å². The van der Waals surface area contributed by atoms with Crippen LogP contribution in [0.2, 0.25) is 0 Å². The smallest absolute Gasteiger partial charge is 0.425 e. The predicted octanol–water partition coefficient (Wildman–Crippen LogP) is 5.39. The van der Waals surface area contributed by atoms with Gasteiger partial charge in [-0.3, -0.25) is 0 Å². The van der Waals surface area contributed by atoms with Gasteiger partial charge in [0.25, 0.3) is 0 Å². The van der Waals surface area contributed by atoms with E-state index in [9.17, 15) is 9.59 Å². The number of amides is 2. The first-order chi connectivity index (χ1) is 15.3. The average Bonchev–Trinajstić information content (AvgIpc) is 2.70. The highest BCUT2D eigenvalue weighted by atomic mass is 16.6. The Morgan fingerprint density at radius 2 is 1.45 bits per heavy atom. The van der Waals surface area contributed by atoms with Gasteiger partial charge in [0, 0.05) is 24.5 Å². The van der Waals surface area contributed by atoms with Crippen LogP contribution in [0.1, 0.15) is 47.1 Å². The third-order valence-electron chi connectivity index (χ3n) is 4.07. The molecule has 9 nitrogen and oxygen atoms in total. The van der Waals surface area contributed by atoms with Crippen molar-refractivity contribution in [3.05, 3.63) is 42.1 Å². The lowest BCUT2D eigenvalue weighted by atomic mass is 10.2. The van der Waals surface area contributed by atoms with Crippen molar-refractivity contribution in [1.82, 2.24) is 4.98 Å². The Balaban J connectivity index is 2.18. The molecule has 0 saturated heterocycles. The van der Waals surface area contributed by atoms with Crippen molar-refractivity contribution in [1.29, 1.82) is 0 Å². The summed E-state index contributed by atoms with van der Waals surface area (Å²) < 4.78 is 21.3. The quantitative estimate of drug-likeness (QED) is 0.614. The molecule has 2 amide bonds. The van der Waals surface area contributed by atoms with E-state index in [1.807, 2.05) is 18.2 Å². The Bertz CT molecular complexity index is 934. The van der Waals surface area contributed by atoms with Gasteiger partial charge in [0.15, 0.2) is 11.5 Å². The SMILES string of the molecule is COc1ccc(NCc2ccc(N(C(=O)OC(C)(C)C)C(=O)OC(C)(C)C)nc2)cc1OC. The molecule has 9 heteroatoms. The van der Waals surface area contributed by atoms with Crippen LogP contribution in [0, 0.1) is 0 Å². The molecule has 1 aromatic carbocycles. The molecule has 0 unspecified atom stereocenters. The first-order valence-electron chi connectivity index (χ1n) is 10.5. The van der Waals surface area contributed by atoms with Gasteiger partial charge in [0.2, 0.25) is 0 Å². The van der Waals surface area contributed by atoms with E-state index in [1.54, 1.807) is 74.1 Å². The molecule has 0 fully saturated rings. The Kier molecular flexibility index (Phi) is 8.13. The van der Waals surface area contributed by atoms with Crippen LogP contribution < -0.4 is 19.7 Å². The number of rotatable bonds is 6. The first-order valence-corrected chi connectivity index (χ1v) is 10.5. The molecule has 0 saturated carbocycles. The van der Waals surface area contributed by atoms with Crippen LogP contribution >= 0.6 is 0 Å². The number of pyridine rings is 1. The van der Waals surface area contributed by atoms with Crippen molar-refractivity contribution in [2.24, 2.45) is 0 Å². The summed E-state index contributed by atoms with van der Waals surface area (Å²) in [6.45, 7) is 10.8. The topological polar surface area (TPSA) is 99.2 Å². The summed E-state index contributed by atoms with van der Waals surface area (Å²) >= 11 is 0. The van der Waals surface area contributed by atoms with Crippen molar-refractivity contribution in [2.75, 3.05) is 24.4 Å². The van der Waals surface area contributed by atoms with Crippen LogP contribution in [0.4, 0.5) is 21.1 Å². The molecule has 0 spiro atoms. The Morgan fingerprint density at radius 1 is 0.879 bits per heavy atom. The van der Waals surface area contributed by atoms with Crippen LogP contribution in [-0.4, -0.2) is 42.6 Å². The highest BCUT2D eigenvalue weighted by molar-refractivity contribution is 6.08. The second-order valence-electron chi connectivity index (χ2n) is 9.24. The van der Waals surface area contributed by atoms with Crippen LogP contribution in [0.15, 0.2) is 36.5 Å². The second-order valence-corrected chi connectivity index (χ2v) is 9.24. The minimum absolute atomic E-state index is 0.105. The van der Waals surface area contributed by atoms with Crippen molar-refractivity contribution >= 4 is 23.7 Å². The van der Waals surface area contributed by atoms with Gasteiger partial charge in [0.05, 0.1) is 14.2 Å². The molecule has 33 heavy (non-hydrogen) atoms. The lowest BCUT2D eigenvalue weighted by Gasteiger charge is -2.28. The van der Waals surface area contributed by atoms with Gasteiger partial charge in [-0.1, -0.05) is 6.07 Å². The van der Waals surface area contributed by atoms with Gasteiger partial charge in [-0.2, -0.15) is 4.90 Å². The zero-order valence-electron chi connectivity index (χ0n) is 20.5. The standard InChI is InChI=1S/C24H33N3O6/c1-23(2,3)32-21(28)27(22(29)33-24(4,5)6)20-12-9-16(15-26-20)14-25-17-10-11-18(30-7)19(13-17)31-8/h9-13,15,25H,14H2,1-8H3. The van der Waals surface area contributed by atoms with Crippen LogP contribution in [0.3, 0.4) is 0 Å². The average molecular weight is 460 g/mol. The number of carbonyl (C=O) groups excluding carboxylic acids is 2. The molecule has 0 aliphatic rings. The van der Waals surface area contributed by atoms with E-state index in [4.69, 9.17) is 18.9 Å². The maximum atomic E-state index is 12.7. The summed E-state index contributed by atoms with van der Waals surface area (Å²) in [6.07, 6.45) is -0.147. The minimum Gasteiger partial charge on any atom is -0.493 e. The molecule has 1 heterocycles. The van der Waals surface area contributed by atoms with Gasteiger partial charge in [-0.15, -0.1) is 0 Å². The maximum Gasteiger partial charge on any atom is 0.425 e. The van der Waals surface area contributed by atoms with E-state index >= 15 is 0 Å². The van der Waals surface area contributed by atoms with E-state index in [0.717, 1.165) is 16.2 Å². The van der Waals surface area contributed by atoms with Gasteiger partial charge < -0.3 is 24.3 Å². The van der Waals surface area contributed by atoms with Gasteiger partial charge >= 0.3 is 12.2 Å². The monoisotopic (exact) mass is 459 g/mol. The molecule has 0 aliphatic carbocycles.